The van der Waals surface area contributed by atoms with Crippen molar-refractivity contribution in [1.82, 2.24) is 13.9 Å². The highest BCUT2D eigenvalue weighted by molar-refractivity contribution is 7.87. The number of carbonyl (C=O) groups excluding carboxylic acids is 1. The number of hydrogen-bond acceptors (Lipinski definition) is 6. The SMILES string of the molecule is CC(C)[C@@H](NS(=O)(=O)N1CCN(c2ccc(C#Cc3ccc4c(c3)C(=O)N(Cc3ccccc3)CO4)cc2)CC1)C(=O)O. The summed E-state index contributed by atoms with van der Waals surface area (Å²) in [5.41, 5.74) is 3.96. The molecule has 0 bridgehead atoms. The van der Waals surface area contributed by atoms with Crippen molar-refractivity contribution in [3.05, 3.63) is 95.1 Å². The molecule has 0 aliphatic carbocycles. The molecule has 0 saturated carbocycles. The van der Waals surface area contributed by atoms with Crippen molar-refractivity contribution in [1.29, 1.82) is 0 Å². The quantitative estimate of drug-likeness (QED) is 0.380. The molecule has 2 heterocycles. The summed E-state index contributed by atoms with van der Waals surface area (Å²) in [4.78, 5) is 28.3. The number of carbonyl (C=O) groups is 2. The minimum Gasteiger partial charge on any atom is -0.480 e. The van der Waals surface area contributed by atoms with Crippen LogP contribution in [0.1, 0.15) is 40.9 Å². The predicted octanol–water partition coefficient (Wildman–Crippen LogP) is 3.14. The third-order valence-electron chi connectivity index (χ3n) is 7.46. The number of carboxylic acid groups (broad SMARTS) is 1. The van der Waals surface area contributed by atoms with E-state index in [1.807, 2.05) is 60.7 Å². The molecule has 224 valence electrons. The van der Waals surface area contributed by atoms with Gasteiger partial charge in [0.15, 0.2) is 6.73 Å². The van der Waals surface area contributed by atoms with Crippen LogP contribution in [-0.2, 0) is 21.5 Å². The minimum absolute atomic E-state index is 0.0941. The number of aliphatic carboxylic acids is 1. The molecule has 1 saturated heterocycles. The lowest BCUT2D eigenvalue weighted by atomic mass is 10.1. The minimum atomic E-state index is -3.92. The van der Waals surface area contributed by atoms with Crippen LogP contribution in [0, 0.1) is 17.8 Å². The second kappa shape index (κ2) is 12.9. The van der Waals surface area contributed by atoms with E-state index in [9.17, 15) is 23.1 Å². The Balaban J connectivity index is 1.19. The highest BCUT2D eigenvalue weighted by Gasteiger charge is 2.33. The third kappa shape index (κ3) is 7.17. The van der Waals surface area contributed by atoms with Crippen LogP contribution in [0.4, 0.5) is 5.69 Å². The largest absolute Gasteiger partial charge is 0.480 e. The topological polar surface area (TPSA) is 119 Å². The van der Waals surface area contributed by atoms with Crippen LogP contribution in [-0.4, -0.2) is 73.6 Å². The zero-order valence-corrected chi connectivity index (χ0v) is 24.9. The summed E-state index contributed by atoms with van der Waals surface area (Å²) in [6.07, 6.45) is 0. The first-order chi connectivity index (χ1) is 20.6. The summed E-state index contributed by atoms with van der Waals surface area (Å²) in [5, 5.41) is 9.35. The summed E-state index contributed by atoms with van der Waals surface area (Å²) in [7, 11) is -3.92. The zero-order valence-electron chi connectivity index (χ0n) is 24.1. The summed E-state index contributed by atoms with van der Waals surface area (Å²) < 4.78 is 34.9. The van der Waals surface area contributed by atoms with Gasteiger partial charge in [-0.3, -0.25) is 9.59 Å². The van der Waals surface area contributed by atoms with Crippen LogP contribution in [0.5, 0.6) is 5.75 Å². The smallest absolute Gasteiger partial charge is 0.322 e. The Morgan fingerprint density at radius 1 is 0.953 bits per heavy atom. The Hall–Kier alpha value is -4.37. The maximum atomic E-state index is 13.1. The average molecular weight is 603 g/mol. The van der Waals surface area contributed by atoms with Gasteiger partial charge in [-0.05, 0) is 53.9 Å². The molecule has 0 aromatic heterocycles. The van der Waals surface area contributed by atoms with Crippen LogP contribution >= 0.6 is 0 Å². The molecule has 3 aromatic rings. The number of benzene rings is 3. The number of nitrogens with one attached hydrogen (secondary N) is 1. The third-order valence-corrected chi connectivity index (χ3v) is 9.06. The number of amides is 1. The number of rotatable bonds is 8. The van der Waals surface area contributed by atoms with Gasteiger partial charge >= 0.3 is 5.97 Å². The van der Waals surface area contributed by atoms with E-state index < -0.39 is 22.2 Å². The maximum Gasteiger partial charge on any atom is 0.322 e. The van der Waals surface area contributed by atoms with Crippen molar-refractivity contribution >= 4 is 27.8 Å². The van der Waals surface area contributed by atoms with Crippen LogP contribution in [0.25, 0.3) is 0 Å². The van der Waals surface area contributed by atoms with E-state index in [4.69, 9.17) is 4.74 Å². The van der Waals surface area contributed by atoms with Gasteiger partial charge in [0.05, 0.1) is 5.56 Å². The van der Waals surface area contributed by atoms with Crippen molar-refractivity contribution < 1.29 is 27.9 Å². The molecule has 2 N–H and O–H groups in total. The van der Waals surface area contributed by atoms with Gasteiger partial charge in [-0.25, -0.2) is 0 Å². The van der Waals surface area contributed by atoms with Gasteiger partial charge in [0, 0.05) is 49.5 Å². The molecule has 0 radical (unpaired) electrons. The number of fused-ring (bicyclic) bond motifs is 1. The lowest BCUT2D eigenvalue weighted by Gasteiger charge is -2.36. The molecule has 3 aromatic carbocycles. The average Bonchev–Trinajstić information content (AvgIpc) is 3.01. The molecule has 2 aliphatic heterocycles. The molecule has 43 heavy (non-hydrogen) atoms. The van der Waals surface area contributed by atoms with Crippen LogP contribution in [0.15, 0.2) is 72.8 Å². The molecule has 0 spiro atoms. The van der Waals surface area contributed by atoms with E-state index in [0.717, 1.165) is 16.8 Å². The Morgan fingerprint density at radius 3 is 2.26 bits per heavy atom. The molecule has 11 heteroatoms. The first kappa shape index (κ1) is 30.1. The monoisotopic (exact) mass is 602 g/mol. The fraction of sp³-hybridized carbons (Fsp3) is 0.312. The predicted molar refractivity (Wildman–Crippen MR) is 163 cm³/mol. The Labute approximate surface area is 252 Å². The van der Waals surface area contributed by atoms with Crippen molar-refractivity contribution in [2.24, 2.45) is 5.92 Å². The van der Waals surface area contributed by atoms with E-state index >= 15 is 0 Å². The zero-order chi connectivity index (χ0) is 30.6. The molecule has 2 aliphatic rings. The standard InChI is InChI=1S/C32H34N4O6S/c1-23(2)30(32(38)39)33-43(40,41)36-18-16-34(17-19-36)27-13-10-24(11-14-27)8-9-25-12-15-29-28(20-25)31(37)35(22-42-29)21-26-6-4-3-5-7-26/h3-7,10-15,20,23,30,33H,16-19,21-22H2,1-2H3,(H,38,39)/t30-/m1/s1. The van der Waals surface area contributed by atoms with Gasteiger partial charge < -0.3 is 19.6 Å². The Morgan fingerprint density at radius 2 is 1.60 bits per heavy atom. The van der Waals surface area contributed by atoms with E-state index in [2.05, 4.69) is 21.5 Å². The van der Waals surface area contributed by atoms with Crippen LogP contribution < -0.4 is 14.4 Å². The molecular weight excluding hydrogens is 568 g/mol. The second-order valence-corrected chi connectivity index (χ2v) is 12.5. The lowest BCUT2D eigenvalue weighted by Crippen LogP contribution is -2.55. The van der Waals surface area contributed by atoms with Crippen LogP contribution in [0.3, 0.4) is 0 Å². The second-order valence-electron chi connectivity index (χ2n) is 10.8. The summed E-state index contributed by atoms with van der Waals surface area (Å²) in [6.45, 7) is 5.41. The molecule has 0 unspecified atom stereocenters. The van der Waals surface area contributed by atoms with Crippen LogP contribution in [0.2, 0.25) is 0 Å². The summed E-state index contributed by atoms with van der Waals surface area (Å²) >= 11 is 0. The number of hydrogen-bond donors (Lipinski definition) is 2. The maximum absolute atomic E-state index is 13.1. The number of anilines is 1. The molecule has 1 fully saturated rings. The fourth-order valence-corrected chi connectivity index (χ4v) is 6.48. The molecular formula is C32H34N4O6S. The first-order valence-electron chi connectivity index (χ1n) is 14.1. The summed E-state index contributed by atoms with van der Waals surface area (Å²) in [5.74, 6) is 5.17. The number of nitrogens with zero attached hydrogens (tertiary/aromatic N) is 3. The van der Waals surface area contributed by atoms with E-state index in [1.54, 1.807) is 30.9 Å². The van der Waals surface area contributed by atoms with E-state index in [0.29, 0.717) is 36.5 Å². The van der Waals surface area contributed by atoms with Crippen molar-refractivity contribution in [3.63, 3.8) is 0 Å². The first-order valence-corrected chi connectivity index (χ1v) is 15.5. The Bertz CT molecular complexity index is 1640. The molecule has 10 nitrogen and oxygen atoms in total. The van der Waals surface area contributed by atoms with Gasteiger partial charge in [0.25, 0.3) is 16.1 Å². The van der Waals surface area contributed by atoms with Gasteiger partial charge in [-0.2, -0.15) is 17.4 Å². The fourth-order valence-electron chi connectivity index (χ4n) is 4.99. The number of carboxylic acids is 1. The normalized spacial score (nSPS) is 16.2. The van der Waals surface area contributed by atoms with Crippen molar-refractivity contribution in [2.75, 3.05) is 37.8 Å². The highest BCUT2D eigenvalue weighted by Crippen LogP contribution is 2.27. The van der Waals surface area contributed by atoms with Gasteiger partial charge in [0.2, 0.25) is 0 Å². The number of ether oxygens (including phenoxy) is 1. The molecule has 1 amide bonds. The highest BCUT2D eigenvalue weighted by atomic mass is 32.2. The molecule has 1 atom stereocenters. The van der Waals surface area contributed by atoms with Gasteiger partial charge in [-0.15, -0.1) is 0 Å². The lowest BCUT2D eigenvalue weighted by molar-refractivity contribution is -0.140. The van der Waals surface area contributed by atoms with Gasteiger partial charge in [0.1, 0.15) is 11.8 Å². The number of piperazine rings is 1. The van der Waals surface area contributed by atoms with Gasteiger partial charge in [-0.1, -0.05) is 56.0 Å². The Kier molecular flexibility index (Phi) is 9.01. The van der Waals surface area contributed by atoms with Crippen molar-refractivity contribution in [3.8, 4) is 17.6 Å². The van der Waals surface area contributed by atoms with E-state index in [1.165, 1.54) is 4.31 Å². The van der Waals surface area contributed by atoms with Crippen molar-refractivity contribution in [2.45, 2.75) is 26.4 Å². The van der Waals surface area contributed by atoms with E-state index in [-0.39, 0.29) is 31.6 Å². The summed E-state index contributed by atoms with van der Waals surface area (Å²) in [6, 6.07) is 21.7. The molecule has 5 rings (SSSR count).